The Bertz CT molecular complexity index is 1960. The lowest BCUT2D eigenvalue weighted by Gasteiger charge is -2.34. The second kappa shape index (κ2) is 15.8. The van der Waals surface area contributed by atoms with E-state index in [0.717, 1.165) is 92.0 Å². The minimum Gasteiger partial charge on any atom is -0.356 e. The molecule has 0 atom stereocenters. The molecule has 7 rings (SSSR count). The molecule has 2 N–H and O–H groups in total. The molecule has 5 heterocycles. The number of carbonyl (C=O) groups is 2. The summed E-state index contributed by atoms with van der Waals surface area (Å²) >= 11 is 6.43. The van der Waals surface area contributed by atoms with E-state index >= 15 is 0 Å². The predicted molar refractivity (Wildman–Crippen MR) is 202 cm³/mol. The van der Waals surface area contributed by atoms with Gasteiger partial charge in [0.05, 0.1) is 0 Å². The maximum absolute atomic E-state index is 13.2. The molecule has 2 aliphatic rings. The highest BCUT2D eigenvalue weighted by molar-refractivity contribution is 6.33. The zero-order valence-corrected chi connectivity index (χ0v) is 29.5. The van der Waals surface area contributed by atoms with Crippen LogP contribution in [0, 0.1) is 6.92 Å². The van der Waals surface area contributed by atoms with Crippen molar-refractivity contribution in [2.24, 2.45) is 0 Å². The quantitative estimate of drug-likeness (QED) is 0.172. The van der Waals surface area contributed by atoms with Crippen molar-refractivity contribution in [3.8, 4) is 22.3 Å². The van der Waals surface area contributed by atoms with E-state index in [2.05, 4.69) is 49.5 Å². The average Bonchev–Trinajstić information content (AvgIpc) is 3.17. The molecule has 0 saturated carbocycles. The van der Waals surface area contributed by atoms with E-state index < -0.39 is 0 Å². The van der Waals surface area contributed by atoms with E-state index in [9.17, 15) is 9.59 Å². The second-order valence-electron chi connectivity index (χ2n) is 13.5. The maximum Gasteiger partial charge on any atom is 0.251 e. The lowest BCUT2D eigenvalue weighted by molar-refractivity contribution is 0.0906. The van der Waals surface area contributed by atoms with Crippen LogP contribution in [0.2, 0.25) is 5.02 Å². The highest BCUT2D eigenvalue weighted by Crippen LogP contribution is 2.29. The van der Waals surface area contributed by atoms with Crippen LogP contribution in [0.15, 0.2) is 104 Å². The molecule has 5 aromatic rings. The molecule has 9 nitrogen and oxygen atoms in total. The number of hydrogen-bond donors (Lipinski definition) is 2. The van der Waals surface area contributed by atoms with Crippen LogP contribution in [0.1, 0.15) is 57.5 Å². The van der Waals surface area contributed by atoms with Gasteiger partial charge in [0.1, 0.15) is 5.82 Å². The summed E-state index contributed by atoms with van der Waals surface area (Å²) in [6, 6.07) is 23.5. The molecular formula is C41H42ClN7O2. The fraction of sp³-hybridized carbons (Fsp3) is 0.293. The number of pyridine rings is 3. The standard InChI is InChI=1S/C41H42ClN7O2/c1-28-6-8-30(22-36(28)32-4-2-16-43-25-32)40(50)46-34-12-18-48(19-13-34)27-29-7-11-39(45-24-29)49-20-14-35(15-21-49)47-41(51)31-9-10-38(42)37(23-31)33-5-3-17-44-26-33/h2-11,16-17,22-26,34-35H,12-15,18-21,27H2,1H3,(H,46,50)(H,47,51). The van der Waals surface area contributed by atoms with Gasteiger partial charge in [-0.05, 0) is 97.8 Å². The molecule has 0 radical (unpaired) electrons. The molecule has 2 aliphatic heterocycles. The first-order chi connectivity index (χ1) is 24.9. The fourth-order valence-corrected chi connectivity index (χ4v) is 7.21. The van der Waals surface area contributed by atoms with Crippen LogP contribution < -0.4 is 15.5 Å². The number of anilines is 1. The molecule has 51 heavy (non-hydrogen) atoms. The Morgan fingerprint density at radius 2 is 1.31 bits per heavy atom. The Labute approximate surface area is 304 Å². The summed E-state index contributed by atoms with van der Waals surface area (Å²) in [4.78, 5) is 44.2. The van der Waals surface area contributed by atoms with E-state index in [-0.39, 0.29) is 23.9 Å². The number of hydrogen-bond acceptors (Lipinski definition) is 7. The molecule has 0 bridgehead atoms. The number of benzene rings is 2. The third kappa shape index (κ3) is 8.44. The molecule has 0 spiro atoms. The van der Waals surface area contributed by atoms with Crippen molar-refractivity contribution < 1.29 is 9.59 Å². The number of piperidine rings is 2. The highest BCUT2D eigenvalue weighted by atomic mass is 35.5. The van der Waals surface area contributed by atoms with Crippen LogP contribution in [-0.2, 0) is 6.54 Å². The largest absolute Gasteiger partial charge is 0.356 e. The van der Waals surface area contributed by atoms with Crippen molar-refractivity contribution in [2.45, 2.75) is 51.2 Å². The molecule has 2 aromatic carbocycles. The Balaban J connectivity index is 0.853. The van der Waals surface area contributed by atoms with Crippen molar-refractivity contribution in [3.05, 3.63) is 131 Å². The minimum atomic E-state index is -0.0919. The van der Waals surface area contributed by atoms with Gasteiger partial charge in [0.25, 0.3) is 11.8 Å². The van der Waals surface area contributed by atoms with E-state index in [1.807, 2.05) is 60.9 Å². The third-order valence-electron chi connectivity index (χ3n) is 9.97. The fourth-order valence-electron chi connectivity index (χ4n) is 6.99. The number of amides is 2. The number of aromatic nitrogens is 3. The average molecular weight is 700 g/mol. The topological polar surface area (TPSA) is 103 Å². The zero-order chi connectivity index (χ0) is 35.2. The summed E-state index contributed by atoms with van der Waals surface area (Å²) < 4.78 is 0. The Morgan fingerprint density at radius 1 is 0.725 bits per heavy atom. The SMILES string of the molecule is Cc1ccc(C(=O)NC2CCN(Cc3ccc(N4CCC(NC(=O)c5ccc(Cl)c(-c6cccnc6)c5)CC4)nc3)CC2)cc1-c1cccnc1. The number of likely N-dealkylation sites (tertiary alicyclic amines) is 1. The highest BCUT2D eigenvalue weighted by Gasteiger charge is 2.24. The molecular weight excluding hydrogens is 658 g/mol. The Hall–Kier alpha value is -5.12. The molecule has 0 unspecified atom stereocenters. The minimum absolute atomic E-state index is 0.0262. The number of rotatable bonds is 9. The van der Waals surface area contributed by atoms with Crippen LogP contribution in [0.5, 0.6) is 0 Å². The Morgan fingerprint density at radius 3 is 1.90 bits per heavy atom. The monoisotopic (exact) mass is 699 g/mol. The van der Waals surface area contributed by atoms with Crippen LogP contribution >= 0.6 is 11.6 Å². The van der Waals surface area contributed by atoms with E-state index in [1.54, 1.807) is 30.7 Å². The number of nitrogens with one attached hydrogen (secondary N) is 2. The van der Waals surface area contributed by atoms with Gasteiger partial charge in [-0.25, -0.2) is 4.98 Å². The van der Waals surface area contributed by atoms with E-state index in [1.165, 1.54) is 5.56 Å². The Kier molecular flexibility index (Phi) is 10.7. The number of nitrogens with zero attached hydrogens (tertiary/aromatic N) is 5. The molecule has 2 saturated heterocycles. The van der Waals surface area contributed by atoms with Gasteiger partial charge in [0, 0.05) is 109 Å². The number of carbonyl (C=O) groups excluding carboxylic acids is 2. The lowest BCUT2D eigenvalue weighted by atomic mass is 9.98. The maximum atomic E-state index is 13.2. The van der Waals surface area contributed by atoms with Gasteiger partial charge in [0.2, 0.25) is 0 Å². The zero-order valence-electron chi connectivity index (χ0n) is 28.8. The van der Waals surface area contributed by atoms with Crippen LogP contribution in [0.4, 0.5) is 5.82 Å². The van der Waals surface area contributed by atoms with Crippen molar-refractivity contribution in [3.63, 3.8) is 0 Å². The second-order valence-corrected chi connectivity index (χ2v) is 13.9. The first kappa shape index (κ1) is 34.3. The first-order valence-corrected chi connectivity index (χ1v) is 18.0. The summed E-state index contributed by atoms with van der Waals surface area (Å²) in [6.07, 6.45) is 12.5. The van der Waals surface area contributed by atoms with Gasteiger partial charge < -0.3 is 15.5 Å². The van der Waals surface area contributed by atoms with Crippen LogP contribution in [0.25, 0.3) is 22.3 Å². The van der Waals surface area contributed by atoms with Gasteiger partial charge in [0.15, 0.2) is 0 Å². The van der Waals surface area contributed by atoms with E-state index in [4.69, 9.17) is 16.6 Å². The summed E-state index contributed by atoms with van der Waals surface area (Å²) in [5, 5.41) is 7.07. The summed E-state index contributed by atoms with van der Waals surface area (Å²) in [5.41, 5.74) is 7.28. The van der Waals surface area contributed by atoms with Crippen molar-refractivity contribution in [1.82, 2.24) is 30.5 Å². The molecule has 10 heteroatoms. The molecule has 2 fully saturated rings. The summed E-state index contributed by atoms with van der Waals surface area (Å²) in [6.45, 7) is 6.38. The van der Waals surface area contributed by atoms with Crippen LogP contribution in [-0.4, -0.2) is 69.9 Å². The smallest absolute Gasteiger partial charge is 0.251 e. The van der Waals surface area contributed by atoms with Gasteiger partial charge in [-0.3, -0.25) is 24.5 Å². The predicted octanol–water partition coefficient (Wildman–Crippen LogP) is 6.96. The summed E-state index contributed by atoms with van der Waals surface area (Å²) in [5.74, 6) is 0.846. The molecule has 3 aromatic heterocycles. The van der Waals surface area contributed by atoms with Gasteiger partial charge in [-0.15, -0.1) is 0 Å². The molecule has 2 amide bonds. The normalized spacial score (nSPS) is 15.8. The number of aryl methyl sites for hydroxylation is 1. The third-order valence-corrected chi connectivity index (χ3v) is 10.3. The van der Waals surface area contributed by atoms with Crippen molar-refractivity contribution in [1.29, 1.82) is 0 Å². The van der Waals surface area contributed by atoms with Crippen LogP contribution in [0.3, 0.4) is 0 Å². The van der Waals surface area contributed by atoms with Crippen molar-refractivity contribution >= 4 is 29.2 Å². The van der Waals surface area contributed by atoms with Gasteiger partial charge in [-0.2, -0.15) is 0 Å². The van der Waals surface area contributed by atoms with Gasteiger partial charge >= 0.3 is 0 Å². The van der Waals surface area contributed by atoms with E-state index in [0.29, 0.717) is 16.1 Å². The molecule has 260 valence electrons. The van der Waals surface area contributed by atoms with Crippen molar-refractivity contribution in [2.75, 3.05) is 31.1 Å². The lowest BCUT2D eigenvalue weighted by Crippen LogP contribution is -2.45. The summed E-state index contributed by atoms with van der Waals surface area (Å²) in [7, 11) is 0. The number of halogens is 1. The first-order valence-electron chi connectivity index (χ1n) is 17.6. The van der Waals surface area contributed by atoms with Gasteiger partial charge in [-0.1, -0.05) is 35.9 Å². The molecule has 0 aliphatic carbocycles.